The molecule has 3 aromatic rings. The number of aromatic nitrogens is 4. The first-order chi connectivity index (χ1) is 13.6. The van der Waals surface area contributed by atoms with Gasteiger partial charge in [-0.1, -0.05) is 12.1 Å². The molecule has 0 fully saturated rings. The van der Waals surface area contributed by atoms with Crippen LogP contribution in [0.4, 0.5) is 4.39 Å². The van der Waals surface area contributed by atoms with Crippen molar-refractivity contribution in [3.8, 4) is 11.3 Å². The summed E-state index contributed by atoms with van der Waals surface area (Å²) in [6.07, 6.45) is 2.41. The quantitative estimate of drug-likeness (QED) is 0.574. The van der Waals surface area contributed by atoms with Gasteiger partial charge in [-0.25, -0.2) is 4.39 Å². The molecular weight excluding hydrogens is 395 g/mol. The topological polar surface area (TPSA) is 89.7 Å². The van der Waals surface area contributed by atoms with E-state index in [-0.39, 0.29) is 24.1 Å². The molecule has 0 unspecified atom stereocenters. The van der Waals surface area contributed by atoms with Crippen LogP contribution in [-0.4, -0.2) is 51.3 Å². The highest BCUT2D eigenvalue weighted by Gasteiger charge is 2.23. The van der Waals surface area contributed by atoms with Crippen LogP contribution in [0.3, 0.4) is 0 Å². The number of carbonyl (C=O) groups excluding carboxylic acids is 1. The fraction of sp³-hybridized carbons (Fsp3) is 0.350. The predicted molar refractivity (Wildman–Crippen MR) is 111 cm³/mol. The van der Waals surface area contributed by atoms with Gasteiger partial charge in [-0.15, -0.1) is 12.4 Å². The molecule has 0 saturated carbocycles. The van der Waals surface area contributed by atoms with Crippen LogP contribution in [0.15, 0.2) is 30.3 Å². The lowest BCUT2D eigenvalue weighted by molar-refractivity contribution is 0.0786. The van der Waals surface area contributed by atoms with Crippen molar-refractivity contribution < 1.29 is 9.18 Å². The summed E-state index contributed by atoms with van der Waals surface area (Å²) in [7, 11) is 1.80. The zero-order chi connectivity index (χ0) is 19.5. The second-order valence-electron chi connectivity index (χ2n) is 7.08. The molecule has 1 amide bonds. The maximum Gasteiger partial charge on any atom is 0.274 e. The van der Waals surface area contributed by atoms with Crippen molar-refractivity contribution in [1.29, 1.82) is 0 Å². The third-order valence-corrected chi connectivity index (χ3v) is 5.05. The molecule has 0 spiro atoms. The Morgan fingerprint density at radius 2 is 2.10 bits per heavy atom. The zero-order valence-electron chi connectivity index (χ0n) is 16.2. The number of amides is 1. The van der Waals surface area contributed by atoms with Crippen molar-refractivity contribution in [2.24, 2.45) is 0 Å². The summed E-state index contributed by atoms with van der Waals surface area (Å²) >= 11 is 0. The lowest BCUT2D eigenvalue weighted by Gasteiger charge is -2.18. The molecule has 0 aliphatic carbocycles. The molecule has 4 rings (SSSR count). The average molecular weight is 419 g/mol. The molecule has 2 aromatic heterocycles. The smallest absolute Gasteiger partial charge is 0.274 e. The highest BCUT2D eigenvalue weighted by molar-refractivity contribution is 5.93. The second-order valence-corrected chi connectivity index (χ2v) is 7.08. The highest BCUT2D eigenvalue weighted by atomic mass is 35.5. The number of nitrogens with zero attached hydrogens (tertiary/aromatic N) is 3. The summed E-state index contributed by atoms with van der Waals surface area (Å²) in [6, 6.07) is 8.30. The first-order valence-electron chi connectivity index (χ1n) is 9.44. The normalized spacial score (nSPS) is 12.9. The Balaban J connectivity index is 0.00000240. The summed E-state index contributed by atoms with van der Waals surface area (Å²) in [6.45, 7) is 2.19. The van der Waals surface area contributed by atoms with E-state index in [1.54, 1.807) is 18.0 Å². The Bertz CT molecular complexity index is 985. The van der Waals surface area contributed by atoms with E-state index in [0.29, 0.717) is 18.8 Å². The van der Waals surface area contributed by atoms with Gasteiger partial charge in [-0.2, -0.15) is 10.2 Å². The standard InChI is InChI=1S/C20H23FN6O.ClH/c1-27(20(28)19-16-12-22-8-7-17(16)24-26-19)9-3-6-15-11-18(25-23-15)13-4-2-5-14(21)10-13;/h2,4-5,10-11,22H,3,6-9,12H2,1H3,(H,23,25)(H,24,26);1H. The van der Waals surface area contributed by atoms with E-state index in [1.165, 1.54) is 12.1 Å². The van der Waals surface area contributed by atoms with E-state index >= 15 is 0 Å². The summed E-state index contributed by atoms with van der Waals surface area (Å²) in [5, 5.41) is 17.7. The second kappa shape index (κ2) is 9.19. The number of aryl methyl sites for hydroxylation is 1. The summed E-state index contributed by atoms with van der Waals surface area (Å²) in [5.74, 6) is -0.343. The molecule has 1 aliphatic rings. The van der Waals surface area contributed by atoms with Gasteiger partial charge in [0.25, 0.3) is 5.91 Å². The molecule has 0 saturated heterocycles. The molecule has 3 N–H and O–H groups in total. The molecule has 154 valence electrons. The van der Waals surface area contributed by atoms with Crippen LogP contribution in [0, 0.1) is 5.82 Å². The molecule has 0 atom stereocenters. The summed E-state index contributed by atoms with van der Waals surface area (Å²) < 4.78 is 13.4. The SMILES string of the molecule is CN(CCCc1cc(-c2cccc(F)c2)n[nH]1)C(=O)c1n[nH]c2c1CNCC2.Cl. The largest absolute Gasteiger partial charge is 0.340 e. The van der Waals surface area contributed by atoms with E-state index in [1.807, 2.05) is 12.1 Å². The van der Waals surface area contributed by atoms with Gasteiger partial charge in [-0.3, -0.25) is 15.0 Å². The Hall–Kier alpha value is -2.71. The van der Waals surface area contributed by atoms with Gasteiger partial charge in [0.2, 0.25) is 0 Å². The summed E-state index contributed by atoms with van der Waals surface area (Å²) in [5.41, 5.74) is 4.97. The van der Waals surface area contributed by atoms with Crippen molar-refractivity contribution >= 4 is 18.3 Å². The van der Waals surface area contributed by atoms with Gasteiger partial charge < -0.3 is 10.2 Å². The third-order valence-electron chi connectivity index (χ3n) is 5.05. The van der Waals surface area contributed by atoms with Gasteiger partial charge in [0, 0.05) is 55.6 Å². The number of hydrogen-bond donors (Lipinski definition) is 3. The van der Waals surface area contributed by atoms with Gasteiger partial charge in [0.1, 0.15) is 5.82 Å². The number of rotatable bonds is 6. The number of carbonyl (C=O) groups is 1. The van der Waals surface area contributed by atoms with E-state index < -0.39 is 0 Å². The van der Waals surface area contributed by atoms with E-state index in [9.17, 15) is 9.18 Å². The van der Waals surface area contributed by atoms with Crippen LogP contribution in [0.5, 0.6) is 0 Å². The fourth-order valence-electron chi connectivity index (χ4n) is 3.48. The number of H-pyrrole nitrogens is 2. The van der Waals surface area contributed by atoms with Crippen LogP contribution < -0.4 is 5.32 Å². The first-order valence-corrected chi connectivity index (χ1v) is 9.44. The van der Waals surface area contributed by atoms with Crippen LogP contribution in [-0.2, 0) is 19.4 Å². The number of halogens is 2. The van der Waals surface area contributed by atoms with Crippen molar-refractivity contribution in [1.82, 2.24) is 30.6 Å². The van der Waals surface area contributed by atoms with Gasteiger partial charge in [0.15, 0.2) is 5.69 Å². The number of benzene rings is 1. The molecule has 3 heterocycles. The molecule has 7 nitrogen and oxygen atoms in total. The maximum absolute atomic E-state index is 13.4. The molecule has 0 bridgehead atoms. The molecule has 1 aromatic carbocycles. The average Bonchev–Trinajstić information content (AvgIpc) is 3.34. The Kier molecular flexibility index (Phi) is 6.66. The third kappa shape index (κ3) is 4.65. The first kappa shape index (κ1) is 21.0. The molecule has 9 heteroatoms. The van der Waals surface area contributed by atoms with Crippen molar-refractivity contribution in [3.63, 3.8) is 0 Å². The Morgan fingerprint density at radius 1 is 1.24 bits per heavy atom. The Labute approximate surface area is 174 Å². The lowest BCUT2D eigenvalue weighted by atomic mass is 10.1. The van der Waals surface area contributed by atoms with E-state index in [0.717, 1.165) is 54.0 Å². The van der Waals surface area contributed by atoms with Gasteiger partial charge >= 0.3 is 0 Å². The maximum atomic E-state index is 13.4. The van der Waals surface area contributed by atoms with Crippen molar-refractivity contribution in [2.75, 3.05) is 20.1 Å². The highest BCUT2D eigenvalue weighted by Crippen LogP contribution is 2.20. The minimum absolute atomic E-state index is 0. The van der Waals surface area contributed by atoms with Crippen LogP contribution >= 0.6 is 12.4 Å². The predicted octanol–water partition coefficient (Wildman–Crippen LogP) is 2.71. The monoisotopic (exact) mass is 418 g/mol. The molecule has 29 heavy (non-hydrogen) atoms. The number of hydrogen-bond acceptors (Lipinski definition) is 4. The number of fused-ring (bicyclic) bond motifs is 1. The summed E-state index contributed by atoms with van der Waals surface area (Å²) in [4.78, 5) is 14.4. The van der Waals surface area contributed by atoms with Crippen LogP contribution in [0.1, 0.15) is 33.9 Å². The Morgan fingerprint density at radius 3 is 2.93 bits per heavy atom. The van der Waals surface area contributed by atoms with Crippen molar-refractivity contribution in [3.05, 3.63) is 58.8 Å². The van der Waals surface area contributed by atoms with Gasteiger partial charge in [0.05, 0.1) is 5.69 Å². The van der Waals surface area contributed by atoms with Crippen LogP contribution in [0.2, 0.25) is 0 Å². The van der Waals surface area contributed by atoms with Gasteiger partial charge in [-0.05, 0) is 31.0 Å². The molecular formula is C20H24ClFN6O. The number of aromatic amines is 2. The van der Waals surface area contributed by atoms with E-state index in [4.69, 9.17) is 0 Å². The zero-order valence-corrected chi connectivity index (χ0v) is 17.0. The van der Waals surface area contributed by atoms with E-state index in [2.05, 4.69) is 25.7 Å². The molecule has 0 radical (unpaired) electrons. The number of nitrogens with one attached hydrogen (secondary N) is 3. The molecule has 1 aliphatic heterocycles. The minimum atomic E-state index is -0.280. The lowest BCUT2D eigenvalue weighted by Crippen LogP contribution is -2.31. The van der Waals surface area contributed by atoms with Crippen LogP contribution in [0.25, 0.3) is 11.3 Å². The van der Waals surface area contributed by atoms with Crippen molar-refractivity contribution in [2.45, 2.75) is 25.8 Å². The fourth-order valence-corrected chi connectivity index (χ4v) is 3.48. The minimum Gasteiger partial charge on any atom is -0.340 e.